The first-order valence-corrected chi connectivity index (χ1v) is 7.18. The number of aromatic nitrogens is 2. The van der Waals surface area contributed by atoms with Crippen molar-refractivity contribution in [2.24, 2.45) is 12.1 Å². The molecule has 1 aromatic heterocycles. The van der Waals surface area contributed by atoms with Crippen LogP contribution in [0.25, 0.3) is 0 Å². The van der Waals surface area contributed by atoms with Crippen molar-refractivity contribution in [3.05, 3.63) is 51.1 Å². The van der Waals surface area contributed by atoms with Crippen LogP contribution in [-0.4, -0.2) is 33.4 Å². The number of rotatable bonds is 6. The Labute approximate surface area is 142 Å². The van der Waals surface area contributed by atoms with Crippen LogP contribution in [0.2, 0.25) is 0 Å². The summed E-state index contributed by atoms with van der Waals surface area (Å²) in [5.74, 6) is -1.25. The molecule has 0 saturated heterocycles. The monoisotopic (exact) mass is 349 g/mol. The zero-order valence-corrected chi connectivity index (χ0v) is 13.8. The van der Waals surface area contributed by atoms with E-state index in [1.54, 1.807) is 19.9 Å². The highest BCUT2D eigenvalue weighted by molar-refractivity contribution is 5.83. The molecule has 0 aliphatic heterocycles. The number of carbonyl (C=O) groups is 1. The molecule has 0 spiro atoms. The van der Waals surface area contributed by atoms with Gasteiger partial charge in [-0.2, -0.15) is 14.6 Å². The maximum atomic E-state index is 13.7. The molecule has 132 valence electrons. The first kappa shape index (κ1) is 18.0. The number of nitrogens with one attached hydrogen (secondary N) is 1. The molecule has 1 aromatic carbocycles. The highest BCUT2D eigenvalue weighted by Crippen LogP contribution is 2.27. The number of halogens is 1. The van der Waals surface area contributed by atoms with Gasteiger partial charge in [0.05, 0.1) is 22.4 Å². The number of amides is 1. The van der Waals surface area contributed by atoms with Crippen LogP contribution < -0.4 is 10.2 Å². The van der Waals surface area contributed by atoms with Crippen LogP contribution in [-0.2, 0) is 11.8 Å². The van der Waals surface area contributed by atoms with E-state index in [-0.39, 0.29) is 17.0 Å². The molecular weight excluding hydrogens is 333 g/mol. The highest BCUT2D eigenvalue weighted by Gasteiger charge is 2.16. The van der Waals surface area contributed by atoms with Crippen LogP contribution in [0.15, 0.2) is 23.3 Å². The standard InChI is InChI=1S/C15H16FN5O4/c1-9-4-5-13(12(6-9)21(23)24)25-8-14(22)18-17-7-11-10(2)19-20(3)15(11)16/h4-7H,8H2,1-3H3,(H,18,22). The Bertz CT molecular complexity index is 847. The average Bonchev–Trinajstić information content (AvgIpc) is 2.79. The van der Waals surface area contributed by atoms with Crippen LogP contribution in [0, 0.1) is 29.9 Å². The summed E-state index contributed by atoms with van der Waals surface area (Å²) < 4.78 is 19.9. The lowest BCUT2D eigenvalue weighted by Gasteiger charge is -2.06. The zero-order chi connectivity index (χ0) is 18.6. The lowest BCUT2D eigenvalue weighted by molar-refractivity contribution is -0.385. The number of nitro benzene ring substituents is 1. The van der Waals surface area contributed by atoms with Gasteiger partial charge in [0.1, 0.15) is 0 Å². The molecular formula is C15H16FN5O4. The highest BCUT2D eigenvalue weighted by atomic mass is 19.1. The summed E-state index contributed by atoms with van der Waals surface area (Å²) in [6.07, 6.45) is 1.13. The molecule has 10 heteroatoms. The van der Waals surface area contributed by atoms with Gasteiger partial charge < -0.3 is 4.74 Å². The van der Waals surface area contributed by atoms with E-state index in [1.165, 1.54) is 19.2 Å². The number of nitro groups is 1. The van der Waals surface area contributed by atoms with Gasteiger partial charge in [-0.1, -0.05) is 6.07 Å². The fraction of sp³-hybridized carbons (Fsp3) is 0.267. The Hall–Kier alpha value is -3.30. The second kappa shape index (κ2) is 7.51. The quantitative estimate of drug-likeness (QED) is 0.484. The number of hydrazone groups is 1. The molecule has 0 radical (unpaired) electrons. The summed E-state index contributed by atoms with van der Waals surface area (Å²) in [5.41, 5.74) is 3.19. The second-order valence-corrected chi connectivity index (χ2v) is 5.22. The molecule has 2 rings (SSSR count). The molecule has 25 heavy (non-hydrogen) atoms. The smallest absolute Gasteiger partial charge is 0.311 e. The van der Waals surface area contributed by atoms with Gasteiger partial charge in [0.15, 0.2) is 12.4 Å². The number of aryl methyl sites for hydroxylation is 3. The first-order valence-electron chi connectivity index (χ1n) is 7.18. The van der Waals surface area contributed by atoms with E-state index in [9.17, 15) is 19.3 Å². The van der Waals surface area contributed by atoms with Gasteiger partial charge in [-0.3, -0.25) is 14.9 Å². The van der Waals surface area contributed by atoms with E-state index in [1.807, 2.05) is 0 Å². The number of hydrogen-bond acceptors (Lipinski definition) is 6. The number of hydrogen-bond donors (Lipinski definition) is 1. The fourth-order valence-electron chi connectivity index (χ4n) is 2.03. The molecule has 0 saturated carbocycles. The molecule has 2 aromatic rings. The van der Waals surface area contributed by atoms with Gasteiger partial charge >= 0.3 is 5.69 Å². The van der Waals surface area contributed by atoms with Gasteiger partial charge in [-0.05, 0) is 25.5 Å². The van der Waals surface area contributed by atoms with Gasteiger partial charge in [-0.15, -0.1) is 0 Å². The van der Waals surface area contributed by atoms with Crippen LogP contribution in [0.3, 0.4) is 0 Å². The maximum Gasteiger partial charge on any atom is 0.311 e. The van der Waals surface area contributed by atoms with Gasteiger partial charge in [0.2, 0.25) is 5.95 Å². The number of carbonyl (C=O) groups excluding carboxylic acids is 1. The molecule has 0 aliphatic rings. The Balaban J connectivity index is 1.95. The molecule has 0 aliphatic carbocycles. The normalized spacial score (nSPS) is 10.9. The second-order valence-electron chi connectivity index (χ2n) is 5.22. The molecule has 0 atom stereocenters. The third-order valence-corrected chi connectivity index (χ3v) is 3.25. The van der Waals surface area contributed by atoms with Crippen molar-refractivity contribution in [2.75, 3.05) is 6.61 Å². The topological polar surface area (TPSA) is 112 Å². The summed E-state index contributed by atoms with van der Waals surface area (Å²) in [4.78, 5) is 22.1. The maximum absolute atomic E-state index is 13.7. The predicted molar refractivity (Wildman–Crippen MR) is 87.0 cm³/mol. The van der Waals surface area contributed by atoms with Crippen molar-refractivity contribution in [3.8, 4) is 5.75 Å². The number of ether oxygens (including phenoxy) is 1. The van der Waals surface area contributed by atoms with Crippen LogP contribution in [0.1, 0.15) is 16.8 Å². The molecule has 0 bridgehead atoms. The number of nitrogens with zero attached hydrogens (tertiary/aromatic N) is 4. The average molecular weight is 349 g/mol. The van der Waals surface area contributed by atoms with Crippen molar-refractivity contribution in [1.29, 1.82) is 0 Å². The van der Waals surface area contributed by atoms with Crippen LogP contribution in [0.5, 0.6) is 5.75 Å². The van der Waals surface area contributed by atoms with Crippen molar-refractivity contribution in [1.82, 2.24) is 15.2 Å². The summed E-state index contributed by atoms with van der Waals surface area (Å²) in [7, 11) is 1.45. The van der Waals surface area contributed by atoms with Crippen molar-refractivity contribution < 1.29 is 18.8 Å². The summed E-state index contributed by atoms with van der Waals surface area (Å²) in [6, 6.07) is 4.39. The van der Waals surface area contributed by atoms with E-state index in [2.05, 4.69) is 15.6 Å². The zero-order valence-electron chi connectivity index (χ0n) is 13.8. The minimum Gasteiger partial charge on any atom is -0.477 e. The summed E-state index contributed by atoms with van der Waals surface area (Å²) in [5, 5.41) is 18.5. The van der Waals surface area contributed by atoms with Gasteiger partial charge in [0.25, 0.3) is 5.91 Å². The number of benzene rings is 1. The third kappa shape index (κ3) is 4.37. The molecule has 1 heterocycles. The largest absolute Gasteiger partial charge is 0.477 e. The van der Waals surface area contributed by atoms with E-state index in [4.69, 9.17) is 4.74 Å². The van der Waals surface area contributed by atoms with E-state index in [0.29, 0.717) is 11.3 Å². The lowest BCUT2D eigenvalue weighted by Crippen LogP contribution is -2.24. The summed E-state index contributed by atoms with van der Waals surface area (Å²) in [6.45, 7) is 2.83. The minimum atomic E-state index is -0.645. The van der Waals surface area contributed by atoms with Crippen LogP contribution in [0.4, 0.5) is 10.1 Å². The third-order valence-electron chi connectivity index (χ3n) is 3.25. The Morgan fingerprint density at radius 2 is 2.24 bits per heavy atom. The molecule has 9 nitrogen and oxygen atoms in total. The minimum absolute atomic E-state index is 0.0242. The predicted octanol–water partition coefficient (Wildman–Crippen LogP) is 1.61. The first-order chi connectivity index (χ1) is 11.8. The van der Waals surface area contributed by atoms with E-state index in [0.717, 1.165) is 10.9 Å². The molecule has 1 amide bonds. The lowest BCUT2D eigenvalue weighted by atomic mass is 10.2. The van der Waals surface area contributed by atoms with Gasteiger partial charge in [0, 0.05) is 13.1 Å². The molecule has 0 unspecified atom stereocenters. The van der Waals surface area contributed by atoms with Crippen molar-refractivity contribution in [3.63, 3.8) is 0 Å². The molecule has 0 fully saturated rings. The summed E-state index contributed by atoms with van der Waals surface area (Å²) >= 11 is 0. The molecule has 1 N–H and O–H groups in total. The van der Waals surface area contributed by atoms with Gasteiger partial charge in [-0.25, -0.2) is 10.1 Å². The van der Waals surface area contributed by atoms with E-state index < -0.39 is 23.4 Å². The van der Waals surface area contributed by atoms with E-state index >= 15 is 0 Å². The fourth-order valence-corrected chi connectivity index (χ4v) is 2.03. The SMILES string of the molecule is Cc1ccc(OCC(=O)NN=Cc2c(C)nn(C)c2F)c([N+](=O)[O-])c1. The van der Waals surface area contributed by atoms with Crippen molar-refractivity contribution >= 4 is 17.8 Å². The Kier molecular flexibility index (Phi) is 5.42. The van der Waals surface area contributed by atoms with Crippen LogP contribution >= 0.6 is 0 Å². The Morgan fingerprint density at radius 1 is 1.52 bits per heavy atom. The Morgan fingerprint density at radius 3 is 2.84 bits per heavy atom. The van der Waals surface area contributed by atoms with Crippen molar-refractivity contribution in [2.45, 2.75) is 13.8 Å².